The van der Waals surface area contributed by atoms with Crippen molar-refractivity contribution in [1.29, 1.82) is 0 Å². The smallest absolute Gasteiger partial charge is 0.286 e. The Balaban J connectivity index is 1.88. The highest BCUT2D eigenvalue weighted by atomic mass is 16.5. The van der Waals surface area contributed by atoms with Crippen molar-refractivity contribution in [2.75, 3.05) is 6.54 Å². The van der Waals surface area contributed by atoms with Gasteiger partial charge in [-0.2, -0.15) is 0 Å². The molecule has 124 valence electrons. The van der Waals surface area contributed by atoms with E-state index < -0.39 is 6.10 Å². The summed E-state index contributed by atoms with van der Waals surface area (Å²) in [6.07, 6.45) is 0.0726. The highest BCUT2D eigenvalue weighted by Crippen LogP contribution is 2.20. The number of carbonyl (C=O) groups excluding carboxylic acids is 1. The second kappa shape index (κ2) is 7.83. The fourth-order valence-electron chi connectivity index (χ4n) is 2.17. The van der Waals surface area contributed by atoms with Crippen molar-refractivity contribution in [3.8, 4) is 5.75 Å². The number of hydrogen-bond acceptors (Lipinski definition) is 4. The number of furan rings is 1. The normalized spacial score (nSPS) is 12.0. The second-order valence-corrected chi connectivity index (χ2v) is 5.72. The molecule has 1 unspecified atom stereocenters. The number of amides is 1. The Morgan fingerprint density at radius 2 is 2.09 bits per heavy atom. The standard InChI is InChI=1S/C18H23NO4/c1-12-4-6-16(13(2)10-12)22-11-15-5-7-17(23-15)18(21)19-9-8-14(3)20/h4-7,10,14,20H,8-9,11H2,1-3H3,(H,19,21). The first-order chi connectivity index (χ1) is 11.0. The molecule has 5 heteroatoms. The zero-order valence-electron chi connectivity index (χ0n) is 13.8. The van der Waals surface area contributed by atoms with Gasteiger partial charge in [0.15, 0.2) is 5.76 Å². The second-order valence-electron chi connectivity index (χ2n) is 5.72. The van der Waals surface area contributed by atoms with E-state index in [2.05, 4.69) is 11.4 Å². The van der Waals surface area contributed by atoms with Crippen LogP contribution in [-0.4, -0.2) is 23.7 Å². The van der Waals surface area contributed by atoms with Gasteiger partial charge in [-0.05, 0) is 51.0 Å². The van der Waals surface area contributed by atoms with Crippen molar-refractivity contribution in [3.63, 3.8) is 0 Å². The van der Waals surface area contributed by atoms with Gasteiger partial charge in [0.25, 0.3) is 5.91 Å². The first-order valence-electron chi connectivity index (χ1n) is 7.70. The van der Waals surface area contributed by atoms with Crippen LogP contribution in [0.4, 0.5) is 0 Å². The van der Waals surface area contributed by atoms with Crippen LogP contribution in [0.25, 0.3) is 0 Å². The van der Waals surface area contributed by atoms with E-state index in [-0.39, 0.29) is 18.3 Å². The zero-order valence-corrected chi connectivity index (χ0v) is 13.8. The van der Waals surface area contributed by atoms with Crippen LogP contribution in [0.2, 0.25) is 0 Å². The Hall–Kier alpha value is -2.27. The molecule has 0 saturated heterocycles. The quantitative estimate of drug-likeness (QED) is 0.823. The summed E-state index contributed by atoms with van der Waals surface area (Å²) in [7, 11) is 0. The lowest BCUT2D eigenvalue weighted by atomic mass is 10.1. The molecule has 1 atom stereocenters. The van der Waals surface area contributed by atoms with E-state index in [1.807, 2.05) is 26.0 Å². The summed E-state index contributed by atoms with van der Waals surface area (Å²) in [5.74, 6) is 1.35. The van der Waals surface area contributed by atoms with E-state index in [9.17, 15) is 4.79 Å². The molecule has 1 heterocycles. The average Bonchev–Trinajstić information content (AvgIpc) is 2.95. The average molecular weight is 317 g/mol. The van der Waals surface area contributed by atoms with Crippen LogP contribution in [0.5, 0.6) is 5.75 Å². The van der Waals surface area contributed by atoms with Crippen molar-refractivity contribution in [3.05, 3.63) is 53.0 Å². The number of rotatable bonds is 7. The van der Waals surface area contributed by atoms with E-state index in [1.54, 1.807) is 19.1 Å². The molecule has 5 nitrogen and oxygen atoms in total. The van der Waals surface area contributed by atoms with Gasteiger partial charge in [-0.25, -0.2) is 0 Å². The van der Waals surface area contributed by atoms with Gasteiger partial charge in [-0.1, -0.05) is 17.7 Å². The lowest BCUT2D eigenvalue weighted by molar-refractivity contribution is 0.0914. The molecule has 2 aromatic rings. The Labute approximate surface area is 136 Å². The predicted octanol–water partition coefficient (Wildman–Crippen LogP) is 2.98. The minimum atomic E-state index is -0.436. The maximum atomic E-state index is 11.9. The number of aliphatic hydroxyl groups excluding tert-OH is 1. The SMILES string of the molecule is Cc1ccc(OCc2ccc(C(=O)NCCC(C)O)o2)c(C)c1. The first-order valence-corrected chi connectivity index (χ1v) is 7.70. The zero-order chi connectivity index (χ0) is 16.8. The molecule has 0 saturated carbocycles. The number of carbonyl (C=O) groups is 1. The van der Waals surface area contributed by atoms with E-state index in [0.29, 0.717) is 18.7 Å². The number of nitrogens with one attached hydrogen (secondary N) is 1. The van der Waals surface area contributed by atoms with Gasteiger partial charge >= 0.3 is 0 Å². The van der Waals surface area contributed by atoms with Gasteiger partial charge in [0.1, 0.15) is 18.1 Å². The van der Waals surface area contributed by atoms with Crippen molar-refractivity contribution < 1.29 is 19.1 Å². The van der Waals surface area contributed by atoms with Crippen LogP contribution in [0, 0.1) is 13.8 Å². The first kappa shape index (κ1) is 17.1. The molecule has 1 amide bonds. The monoisotopic (exact) mass is 317 g/mol. The summed E-state index contributed by atoms with van der Waals surface area (Å²) >= 11 is 0. The van der Waals surface area contributed by atoms with Crippen LogP contribution in [0.1, 0.15) is 40.8 Å². The van der Waals surface area contributed by atoms with Crippen molar-refractivity contribution in [2.45, 2.75) is 39.9 Å². The van der Waals surface area contributed by atoms with E-state index >= 15 is 0 Å². The molecule has 2 N–H and O–H groups in total. The molecule has 0 aliphatic carbocycles. The van der Waals surface area contributed by atoms with Gasteiger partial charge in [-0.15, -0.1) is 0 Å². The van der Waals surface area contributed by atoms with Crippen molar-refractivity contribution in [2.24, 2.45) is 0 Å². The number of aliphatic hydroxyl groups is 1. The lowest BCUT2D eigenvalue weighted by Gasteiger charge is -2.08. The summed E-state index contributed by atoms with van der Waals surface area (Å²) in [4.78, 5) is 11.9. The number of aryl methyl sites for hydroxylation is 2. The fourth-order valence-corrected chi connectivity index (χ4v) is 2.17. The molecule has 1 aromatic carbocycles. The van der Waals surface area contributed by atoms with Gasteiger partial charge in [0.05, 0.1) is 6.10 Å². The van der Waals surface area contributed by atoms with Crippen LogP contribution in [-0.2, 0) is 6.61 Å². The van der Waals surface area contributed by atoms with E-state index in [0.717, 1.165) is 11.3 Å². The maximum Gasteiger partial charge on any atom is 0.286 e. The minimum Gasteiger partial charge on any atom is -0.485 e. The van der Waals surface area contributed by atoms with Gasteiger partial charge in [0, 0.05) is 6.54 Å². The molecule has 2 rings (SSSR count). The van der Waals surface area contributed by atoms with Crippen LogP contribution in [0.3, 0.4) is 0 Å². The van der Waals surface area contributed by atoms with Gasteiger partial charge in [-0.3, -0.25) is 4.79 Å². The lowest BCUT2D eigenvalue weighted by Crippen LogP contribution is -2.26. The third-order valence-electron chi connectivity index (χ3n) is 3.43. The maximum absolute atomic E-state index is 11.9. The Kier molecular flexibility index (Phi) is 5.82. The molecule has 0 fully saturated rings. The largest absolute Gasteiger partial charge is 0.485 e. The van der Waals surface area contributed by atoms with E-state index in [1.165, 1.54) is 5.56 Å². The number of hydrogen-bond donors (Lipinski definition) is 2. The Morgan fingerprint density at radius 1 is 1.30 bits per heavy atom. The summed E-state index contributed by atoms with van der Waals surface area (Å²) < 4.78 is 11.2. The fraction of sp³-hybridized carbons (Fsp3) is 0.389. The van der Waals surface area contributed by atoms with Crippen LogP contribution >= 0.6 is 0 Å². The van der Waals surface area contributed by atoms with Crippen molar-refractivity contribution in [1.82, 2.24) is 5.32 Å². The topological polar surface area (TPSA) is 71.7 Å². The third kappa shape index (κ3) is 5.14. The Bertz CT molecular complexity index is 661. The highest BCUT2D eigenvalue weighted by Gasteiger charge is 2.11. The highest BCUT2D eigenvalue weighted by molar-refractivity contribution is 5.91. The summed E-state index contributed by atoms with van der Waals surface area (Å²) in [6, 6.07) is 9.33. The third-order valence-corrected chi connectivity index (χ3v) is 3.43. The minimum absolute atomic E-state index is 0.245. The molecule has 0 spiro atoms. The van der Waals surface area contributed by atoms with Crippen LogP contribution < -0.4 is 10.1 Å². The Morgan fingerprint density at radius 3 is 2.78 bits per heavy atom. The van der Waals surface area contributed by atoms with Gasteiger partial charge < -0.3 is 19.6 Å². The predicted molar refractivity (Wildman–Crippen MR) is 87.6 cm³/mol. The summed E-state index contributed by atoms with van der Waals surface area (Å²) in [5.41, 5.74) is 2.25. The molecular weight excluding hydrogens is 294 g/mol. The molecule has 0 aliphatic heterocycles. The molecule has 23 heavy (non-hydrogen) atoms. The molecule has 0 aliphatic rings. The number of benzene rings is 1. The number of ether oxygens (including phenoxy) is 1. The summed E-state index contributed by atoms with van der Waals surface area (Å²) in [5, 5.41) is 11.9. The molecule has 0 bridgehead atoms. The molecule has 1 aromatic heterocycles. The van der Waals surface area contributed by atoms with E-state index in [4.69, 9.17) is 14.3 Å². The molecule has 0 radical (unpaired) electrons. The van der Waals surface area contributed by atoms with Gasteiger partial charge in [0.2, 0.25) is 0 Å². The van der Waals surface area contributed by atoms with Crippen LogP contribution in [0.15, 0.2) is 34.7 Å². The van der Waals surface area contributed by atoms with Crippen molar-refractivity contribution >= 4 is 5.91 Å². The summed E-state index contributed by atoms with van der Waals surface area (Å²) in [6.45, 7) is 6.38. The molecular formula is C18H23NO4.